The average molecular weight is 258 g/mol. The summed E-state index contributed by atoms with van der Waals surface area (Å²) in [5.74, 6) is 1.60. The summed E-state index contributed by atoms with van der Waals surface area (Å²) in [4.78, 5) is 4.19. The molecule has 2 rings (SSSR count). The van der Waals surface area contributed by atoms with Gasteiger partial charge in [-0.15, -0.1) is 0 Å². The summed E-state index contributed by atoms with van der Waals surface area (Å²) in [5, 5.41) is 3.42. The highest BCUT2D eigenvalue weighted by atomic mass is 16.4. The lowest BCUT2D eigenvalue weighted by Crippen LogP contribution is -2.18. The Labute approximate surface area is 115 Å². The van der Waals surface area contributed by atoms with E-state index in [1.165, 1.54) is 17.5 Å². The van der Waals surface area contributed by atoms with E-state index in [2.05, 4.69) is 48.4 Å². The van der Waals surface area contributed by atoms with Crippen LogP contribution >= 0.6 is 0 Å². The van der Waals surface area contributed by atoms with Gasteiger partial charge in [-0.25, -0.2) is 4.98 Å². The minimum Gasteiger partial charge on any atom is -0.445 e. The fourth-order valence-electron chi connectivity index (χ4n) is 2.10. The van der Waals surface area contributed by atoms with Crippen LogP contribution in [-0.2, 0) is 13.0 Å². The van der Waals surface area contributed by atoms with Crippen LogP contribution in [0.2, 0.25) is 0 Å². The van der Waals surface area contributed by atoms with E-state index in [-0.39, 0.29) is 0 Å². The maximum absolute atomic E-state index is 5.45. The molecule has 3 heteroatoms. The van der Waals surface area contributed by atoms with Crippen molar-refractivity contribution in [3.63, 3.8) is 0 Å². The standard InChI is InChI=1S/C16H22N2O/c1-4-5-14-6-8-15(9-7-14)13(3)17-11-16-18-10-12(2)19-16/h6-10,13,17H,4-5,11H2,1-3H3. The van der Waals surface area contributed by atoms with Crippen LogP contribution in [0, 0.1) is 6.92 Å². The molecule has 0 radical (unpaired) electrons. The van der Waals surface area contributed by atoms with E-state index < -0.39 is 0 Å². The number of benzene rings is 1. The van der Waals surface area contributed by atoms with Crippen molar-refractivity contribution >= 4 is 0 Å². The first-order chi connectivity index (χ1) is 9.19. The van der Waals surface area contributed by atoms with Gasteiger partial charge in [0.1, 0.15) is 5.76 Å². The van der Waals surface area contributed by atoms with E-state index in [0.717, 1.165) is 18.1 Å². The highest BCUT2D eigenvalue weighted by Crippen LogP contribution is 2.15. The van der Waals surface area contributed by atoms with Gasteiger partial charge < -0.3 is 9.73 Å². The largest absolute Gasteiger partial charge is 0.445 e. The molecule has 1 heterocycles. The molecule has 0 aliphatic rings. The van der Waals surface area contributed by atoms with Crippen LogP contribution in [0.25, 0.3) is 0 Å². The highest BCUT2D eigenvalue weighted by molar-refractivity contribution is 5.24. The van der Waals surface area contributed by atoms with Gasteiger partial charge >= 0.3 is 0 Å². The van der Waals surface area contributed by atoms with Gasteiger partial charge in [0.05, 0.1) is 12.7 Å². The molecule has 0 amide bonds. The summed E-state index contributed by atoms with van der Waals surface area (Å²) >= 11 is 0. The number of hydrogen-bond acceptors (Lipinski definition) is 3. The lowest BCUT2D eigenvalue weighted by atomic mass is 10.0. The quantitative estimate of drug-likeness (QED) is 0.856. The maximum atomic E-state index is 5.45. The Bertz CT molecular complexity index is 502. The van der Waals surface area contributed by atoms with Crippen molar-refractivity contribution in [1.29, 1.82) is 0 Å². The zero-order valence-corrected chi connectivity index (χ0v) is 11.9. The van der Waals surface area contributed by atoms with Crippen LogP contribution in [0.4, 0.5) is 0 Å². The molecule has 1 aromatic heterocycles. The van der Waals surface area contributed by atoms with Crippen LogP contribution in [0.1, 0.15) is 49.1 Å². The normalized spacial score (nSPS) is 12.6. The van der Waals surface area contributed by atoms with Crippen LogP contribution in [0.15, 0.2) is 34.9 Å². The molecule has 19 heavy (non-hydrogen) atoms. The van der Waals surface area contributed by atoms with E-state index in [9.17, 15) is 0 Å². The first-order valence-corrected chi connectivity index (χ1v) is 6.92. The number of nitrogens with zero attached hydrogens (tertiary/aromatic N) is 1. The van der Waals surface area contributed by atoms with Gasteiger partial charge in [-0.2, -0.15) is 0 Å². The van der Waals surface area contributed by atoms with Crippen LogP contribution in [0.3, 0.4) is 0 Å². The van der Waals surface area contributed by atoms with Crippen molar-refractivity contribution in [2.24, 2.45) is 0 Å². The summed E-state index contributed by atoms with van der Waals surface area (Å²) in [6.07, 6.45) is 4.09. The molecule has 1 N–H and O–H groups in total. The summed E-state index contributed by atoms with van der Waals surface area (Å²) in [5.41, 5.74) is 2.70. The van der Waals surface area contributed by atoms with E-state index in [1.807, 2.05) is 6.92 Å². The van der Waals surface area contributed by atoms with Gasteiger partial charge in [-0.1, -0.05) is 37.6 Å². The lowest BCUT2D eigenvalue weighted by molar-refractivity contribution is 0.432. The first-order valence-electron chi connectivity index (χ1n) is 6.92. The van der Waals surface area contributed by atoms with Gasteiger partial charge in [0, 0.05) is 6.04 Å². The number of nitrogens with one attached hydrogen (secondary N) is 1. The topological polar surface area (TPSA) is 38.1 Å². The molecule has 1 aromatic carbocycles. The van der Waals surface area contributed by atoms with E-state index in [1.54, 1.807) is 6.20 Å². The molecule has 0 aliphatic heterocycles. The van der Waals surface area contributed by atoms with Gasteiger partial charge in [0.25, 0.3) is 0 Å². The monoisotopic (exact) mass is 258 g/mol. The molecule has 0 saturated heterocycles. The third kappa shape index (κ3) is 3.93. The maximum Gasteiger partial charge on any atom is 0.208 e. The second-order valence-corrected chi connectivity index (χ2v) is 4.96. The van der Waals surface area contributed by atoms with Crippen molar-refractivity contribution < 1.29 is 4.42 Å². The molecular weight excluding hydrogens is 236 g/mol. The van der Waals surface area contributed by atoms with Crippen LogP contribution in [-0.4, -0.2) is 4.98 Å². The van der Waals surface area contributed by atoms with Gasteiger partial charge in [0.2, 0.25) is 5.89 Å². The molecule has 3 nitrogen and oxygen atoms in total. The smallest absolute Gasteiger partial charge is 0.208 e. The second kappa shape index (κ2) is 6.53. The molecule has 0 bridgehead atoms. The number of oxazole rings is 1. The Morgan fingerprint density at radius 1 is 1.26 bits per heavy atom. The number of rotatable bonds is 6. The third-order valence-corrected chi connectivity index (χ3v) is 3.25. The Morgan fingerprint density at radius 3 is 2.58 bits per heavy atom. The van der Waals surface area contributed by atoms with Gasteiger partial charge in [-0.3, -0.25) is 0 Å². The minimum atomic E-state index is 0.294. The van der Waals surface area contributed by atoms with Crippen molar-refractivity contribution in [2.75, 3.05) is 0 Å². The number of aromatic nitrogens is 1. The molecule has 1 unspecified atom stereocenters. The van der Waals surface area contributed by atoms with Crippen molar-refractivity contribution in [3.8, 4) is 0 Å². The summed E-state index contributed by atoms with van der Waals surface area (Å²) in [6, 6.07) is 9.12. The summed E-state index contributed by atoms with van der Waals surface area (Å²) < 4.78 is 5.45. The fraction of sp³-hybridized carbons (Fsp3) is 0.438. The second-order valence-electron chi connectivity index (χ2n) is 4.96. The number of aryl methyl sites for hydroxylation is 2. The summed E-state index contributed by atoms with van der Waals surface area (Å²) in [7, 11) is 0. The van der Waals surface area contributed by atoms with Crippen molar-refractivity contribution in [1.82, 2.24) is 10.3 Å². The van der Waals surface area contributed by atoms with E-state index in [0.29, 0.717) is 12.6 Å². The lowest BCUT2D eigenvalue weighted by Gasteiger charge is -2.13. The Balaban J connectivity index is 1.90. The zero-order valence-electron chi connectivity index (χ0n) is 11.9. The molecule has 0 fully saturated rings. The SMILES string of the molecule is CCCc1ccc(C(C)NCc2ncc(C)o2)cc1. The molecule has 0 spiro atoms. The Hall–Kier alpha value is -1.61. The Kier molecular flexibility index (Phi) is 4.74. The molecular formula is C16H22N2O. The number of hydrogen-bond donors (Lipinski definition) is 1. The third-order valence-electron chi connectivity index (χ3n) is 3.25. The fourth-order valence-corrected chi connectivity index (χ4v) is 2.10. The molecule has 0 saturated carbocycles. The molecule has 0 aliphatic carbocycles. The first kappa shape index (κ1) is 13.8. The van der Waals surface area contributed by atoms with Crippen molar-refractivity contribution in [3.05, 3.63) is 53.2 Å². The summed E-state index contributed by atoms with van der Waals surface area (Å²) in [6.45, 7) is 6.93. The average Bonchev–Trinajstić information content (AvgIpc) is 2.83. The van der Waals surface area contributed by atoms with Gasteiger partial charge in [0.15, 0.2) is 0 Å². The van der Waals surface area contributed by atoms with Crippen LogP contribution in [0.5, 0.6) is 0 Å². The molecule has 2 aromatic rings. The van der Waals surface area contributed by atoms with E-state index >= 15 is 0 Å². The Morgan fingerprint density at radius 2 is 2.00 bits per heavy atom. The predicted molar refractivity (Wildman–Crippen MR) is 76.9 cm³/mol. The molecule has 1 atom stereocenters. The predicted octanol–water partition coefficient (Wildman–Crippen LogP) is 3.79. The van der Waals surface area contributed by atoms with Crippen LogP contribution < -0.4 is 5.32 Å². The highest BCUT2D eigenvalue weighted by Gasteiger charge is 2.07. The molecule has 102 valence electrons. The minimum absolute atomic E-state index is 0.294. The van der Waals surface area contributed by atoms with Gasteiger partial charge in [-0.05, 0) is 31.4 Å². The van der Waals surface area contributed by atoms with E-state index in [4.69, 9.17) is 4.42 Å². The zero-order chi connectivity index (χ0) is 13.7. The van der Waals surface area contributed by atoms with Crippen molar-refractivity contribution in [2.45, 2.75) is 46.2 Å².